The molecule has 6 nitrogen and oxygen atoms in total. The zero-order chi connectivity index (χ0) is 16.7. The predicted molar refractivity (Wildman–Crippen MR) is 112 cm³/mol. The van der Waals surface area contributed by atoms with Crippen LogP contribution < -0.4 is 15.8 Å². The third-order valence-corrected chi connectivity index (χ3v) is 4.10. The Hall–Kier alpha value is -1.06. The number of benzene rings is 1. The highest BCUT2D eigenvalue weighted by molar-refractivity contribution is 14.0. The summed E-state index contributed by atoms with van der Waals surface area (Å²) in [5.74, 6) is 1.78. The molecule has 7 heteroatoms. The van der Waals surface area contributed by atoms with E-state index >= 15 is 0 Å². The van der Waals surface area contributed by atoms with Gasteiger partial charge in [0.15, 0.2) is 5.96 Å². The molecule has 0 aromatic heterocycles. The van der Waals surface area contributed by atoms with Crippen LogP contribution in [-0.2, 0) is 0 Å². The molecule has 2 rings (SSSR count). The van der Waals surface area contributed by atoms with Gasteiger partial charge in [-0.2, -0.15) is 0 Å². The number of nitrogens with one attached hydrogen (secondary N) is 1. The lowest BCUT2D eigenvalue weighted by Crippen LogP contribution is -2.46. The molecule has 1 atom stereocenters. The minimum absolute atomic E-state index is 0. The van der Waals surface area contributed by atoms with Crippen LogP contribution in [0.4, 0.5) is 5.69 Å². The molecule has 1 aromatic carbocycles. The molecule has 1 unspecified atom stereocenters. The van der Waals surface area contributed by atoms with Gasteiger partial charge in [0.1, 0.15) is 5.75 Å². The highest BCUT2D eigenvalue weighted by Crippen LogP contribution is 2.14. The number of hydrogen-bond acceptors (Lipinski definition) is 4. The second kappa shape index (κ2) is 10.7. The molecule has 1 saturated heterocycles. The topological polar surface area (TPSA) is 66.1 Å². The second-order valence-electron chi connectivity index (χ2n) is 6.29. The van der Waals surface area contributed by atoms with E-state index < -0.39 is 0 Å². The summed E-state index contributed by atoms with van der Waals surface area (Å²) in [7, 11) is 3.83. The van der Waals surface area contributed by atoms with Gasteiger partial charge in [-0.15, -0.1) is 24.0 Å². The van der Waals surface area contributed by atoms with Crippen LogP contribution in [-0.4, -0.2) is 69.2 Å². The quantitative estimate of drug-likeness (QED) is 0.397. The zero-order valence-electron chi connectivity index (χ0n) is 14.9. The van der Waals surface area contributed by atoms with Crippen molar-refractivity contribution >= 4 is 35.6 Å². The van der Waals surface area contributed by atoms with Crippen LogP contribution in [0.25, 0.3) is 0 Å². The Balaban J connectivity index is 0.00000288. The Morgan fingerprint density at radius 1 is 1.25 bits per heavy atom. The Labute approximate surface area is 162 Å². The fourth-order valence-corrected chi connectivity index (χ4v) is 2.64. The number of rotatable bonds is 6. The van der Waals surface area contributed by atoms with Gasteiger partial charge in [0.25, 0.3) is 0 Å². The number of methoxy groups -OCH3 is 1. The monoisotopic (exact) mass is 447 g/mol. The number of likely N-dealkylation sites (N-methyl/N-ethyl adjacent to an activating group) is 1. The summed E-state index contributed by atoms with van der Waals surface area (Å²) in [5, 5.41) is 3.11. The van der Waals surface area contributed by atoms with Crippen molar-refractivity contribution in [2.45, 2.75) is 6.92 Å². The first-order valence-electron chi connectivity index (χ1n) is 8.18. The average Bonchev–Trinajstić information content (AvgIpc) is 2.56. The van der Waals surface area contributed by atoms with Gasteiger partial charge in [-0.3, -0.25) is 4.99 Å². The molecule has 1 aromatic rings. The number of nitrogens with two attached hydrogens (primary N) is 1. The lowest BCUT2D eigenvalue weighted by Gasteiger charge is -2.33. The Kier molecular flexibility index (Phi) is 9.38. The number of hydrogen-bond donors (Lipinski definition) is 2. The van der Waals surface area contributed by atoms with Crippen molar-refractivity contribution in [3.05, 3.63) is 24.3 Å². The lowest BCUT2D eigenvalue weighted by atomic mass is 10.1. The SMILES string of the molecule is COc1ccc(NC(N)=NCC(C)CN2CCN(C)CC2)cc1.I. The molecule has 1 aliphatic rings. The van der Waals surface area contributed by atoms with Crippen LogP contribution in [0.3, 0.4) is 0 Å². The van der Waals surface area contributed by atoms with Gasteiger partial charge in [0.2, 0.25) is 0 Å². The van der Waals surface area contributed by atoms with E-state index in [-0.39, 0.29) is 24.0 Å². The van der Waals surface area contributed by atoms with Crippen molar-refractivity contribution in [2.24, 2.45) is 16.6 Å². The number of halogens is 1. The third kappa shape index (κ3) is 7.23. The molecular weight excluding hydrogens is 417 g/mol. The Morgan fingerprint density at radius 3 is 2.46 bits per heavy atom. The first-order chi connectivity index (χ1) is 11.1. The first kappa shape index (κ1) is 21.0. The molecule has 0 amide bonds. The summed E-state index contributed by atoms with van der Waals surface area (Å²) in [6.07, 6.45) is 0. The van der Waals surface area contributed by atoms with Gasteiger partial charge in [-0.25, -0.2) is 0 Å². The smallest absolute Gasteiger partial charge is 0.193 e. The largest absolute Gasteiger partial charge is 0.497 e. The van der Waals surface area contributed by atoms with E-state index in [4.69, 9.17) is 10.5 Å². The number of piperazine rings is 1. The third-order valence-electron chi connectivity index (χ3n) is 4.10. The van der Waals surface area contributed by atoms with E-state index in [1.54, 1.807) is 7.11 Å². The number of ether oxygens (including phenoxy) is 1. The van der Waals surface area contributed by atoms with Crippen LogP contribution in [0.2, 0.25) is 0 Å². The van der Waals surface area contributed by atoms with Crippen LogP contribution in [0, 0.1) is 5.92 Å². The van der Waals surface area contributed by atoms with E-state index in [1.807, 2.05) is 24.3 Å². The summed E-state index contributed by atoms with van der Waals surface area (Å²) in [6.45, 7) is 8.62. The molecule has 1 heterocycles. The van der Waals surface area contributed by atoms with Gasteiger partial charge >= 0.3 is 0 Å². The van der Waals surface area contributed by atoms with Crippen LogP contribution in [0.15, 0.2) is 29.3 Å². The molecule has 24 heavy (non-hydrogen) atoms. The summed E-state index contributed by atoms with van der Waals surface area (Å²) in [6, 6.07) is 7.64. The van der Waals surface area contributed by atoms with Crippen molar-refractivity contribution in [2.75, 3.05) is 58.7 Å². The van der Waals surface area contributed by atoms with Crippen LogP contribution >= 0.6 is 24.0 Å². The lowest BCUT2D eigenvalue weighted by molar-refractivity contribution is 0.140. The highest BCUT2D eigenvalue weighted by atomic mass is 127. The van der Waals surface area contributed by atoms with Crippen molar-refractivity contribution in [3.63, 3.8) is 0 Å². The maximum absolute atomic E-state index is 5.96. The molecule has 0 saturated carbocycles. The number of guanidine groups is 1. The predicted octanol–water partition coefficient (Wildman–Crippen LogP) is 1.92. The summed E-state index contributed by atoms with van der Waals surface area (Å²) in [5.41, 5.74) is 6.88. The van der Waals surface area contributed by atoms with E-state index in [2.05, 4.69) is 34.1 Å². The standard InChI is InChI=1S/C17H29N5O.HI/c1-14(13-22-10-8-21(2)9-11-22)12-19-17(18)20-15-4-6-16(23-3)7-5-15;/h4-7,14H,8-13H2,1-3H3,(H3,18,19,20);1H. The van der Waals surface area contributed by atoms with Gasteiger partial charge < -0.3 is 25.6 Å². The fraction of sp³-hybridized carbons (Fsp3) is 0.588. The van der Waals surface area contributed by atoms with Crippen molar-refractivity contribution in [1.29, 1.82) is 0 Å². The molecule has 0 radical (unpaired) electrons. The highest BCUT2D eigenvalue weighted by Gasteiger charge is 2.15. The fourth-order valence-electron chi connectivity index (χ4n) is 2.64. The van der Waals surface area contributed by atoms with Crippen molar-refractivity contribution < 1.29 is 4.74 Å². The van der Waals surface area contributed by atoms with Gasteiger partial charge in [-0.1, -0.05) is 6.92 Å². The molecule has 1 fully saturated rings. The van der Waals surface area contributed by atoms with E-state index in [9.17, 15) is 0 Å². The number of aliphatic imine (C=N–C) groups is 1. The summed E-state index contributed by atoms with van der Waals surface area (Å²) in [4.78, 5) is 9.34. The van der Waals surface area contributed by atoms with Gasteiger partial charge in [0, 0.05) is 45.0 Å². The maximum atomic E-state index is 5.96. The molecule has 0 aliphatic carbocycles. The Bertz CT molecular complexity index is 500. The molecule has 0 spiro atoms. The van der Waals surface area contributed by atoms with E-state index in [0.29, 0.717) is 11.9 Å². The molecule has 1 aliphatic heterocycles. The molecule has 136 valence electrons. The van der Waals surface area contributed by atoms with E-state index in [0.717, 1.165) is 50.7 Å². The number of nitrogens with zero attached hydrogens (tertiary/aromatic N) is 3. The molecular formula is C17H30IN5O. The molecule has 3 N–H and O–H groups in total. The van der Waals surface area contributed by atoms with Crippen molar-refractivity contribution in [1.82, 2.24) is 9.80 Å². The summed E-state index contributed by atoms with van der Waals surface area (Å²) < 4.78 is 5.13. The van der Waals surface area contributed by atoms with E-state index in [1.165, 1.54) is 0 Å². The van der Waals surface area contributed by atoms with Gasteiger partial charge in [-0.05, 0) is 37.2 Å². The minimum Gasteiger partial charge on any atom is -0.497 e. The summed E-state index contributed by atoms with van der Waals surface area (Å²) >= 11 is 0. The average molecular weight is 447 g/mol. The molecule has 0 bridgehead atoms. The Morgan fingerprint density at radius 2 is 1.88 bits per heavy atom. The number of anilines is 1. The normalized spacial score (nSPS) is 17.9. The van der Waals surface area contributed by atoms with Crippen molar-refractivity contribution in [3.8, 4) is 5.75 Å². The second-order valence-corrected chi connectivity index (χ2v) is 6.29. The minimum atomic E-state index is 0. The zero-order valence-corrected chi connectivity index (χ0v) is 17.2. The first-order valence-corrected chi connectivity index (χ1v) is 8.18. The van der Waals surface area contributed by atoms with Gasteiger partial charge in [0.05, 0.1) is 7.11 Å². The maximum Gasteiger partial charge on any atom is 0.193 e. The van der Waals surface area contributed by atoms with Crippen LogP contribution in [0.1, 0.15) is 6.92 Å². The van der Waals surface area contributed by atoms with Crippen LogP contribution in [0.5, 0.6) is 5.75 Å².